The van der Waals surface area contributed by atoms with Crippen LogP contribution >= 0.6 is 0 Å². The summed E-state index contributed by atoms with van der Waals surface area (Å²) in [5.41, 5.74) is 1.11. The van der Waals surface area contributed by atoms with Crippen LogP contribution in [0.2, 0.25) is 0 Å². The summed E-state index contributed by atoms with van der Waals surface area (Å²) in [5.74, 6) is 1.99. The molecule has 22 heavy (non-hydrogen) atoms. The Morgan fingerprint density at radius 2 is 1.86 bits per heavy atom. The van der Waals surface area contributed by atoms with Crippen LogP contribution in [0.3, 0.4) is 0 Å². The van der Waals surface area contributed by atoms with Crippen molar-refractivity contribution >= 4 is 5.97 Å². The van der Waals surface area contributed by atoms with E-state index in [1.165, 1.54) is 7.11 Å². The summed E-state index contributed by atoms with van der Waals surface area (Å²) in [6.45, 7) is 5.06. The second-order valence-electron chi connectivity index (χ2n) is 4.36. The summed E-state index contributed by atoms with van der Waals surface area (Å²) in [6.07, 6.45) is 6.70. The fraction of sp³-hybridized carbons (Fsp3) is 0.600. The molecule has 0 unspecified atom stereocenters. The summed E-state index contributed by atoms with van der Waals surface area (Å²) >= 11 is 0. The first-order chi connectivity index (χ1) is 10.7. The van der Waals surface area contributed by atoms with E-state index in [0.29, 0.717) is 57.4 Å². The standard InChI is InChI=1S/C15H22N2O5/c1-4-6-20-8-10-22-11-9-21-7-5-17-12-14(13(2)16-17)15(18)19-3/h1,12H,5-11H2,2-3H3. The number of hydrogen-bond donors (Lipinski definition) is 0. The molecule has 1 aromatic rings. The largest absolute Gasteiger partial charge is 0.465 e. The highest BCUT2D eigenvalue weighted by Gasteiger charge is 2.13. The van der Waals surface area contributed by atoms with Gasteiger partial charge in [-0.15, -0.1) is 6.42 Å². The molecule has 0 bridgehead atoms. The molecule has 122 valence electrons. The zero-order valence-corrected chi connectivity index (χ0v) is 13.0. The number of terminal acetylenes is 1. The van der Waals surface area contributed by atoms with Crippen LogP contribution in [-0.2, 0) is 25.5 Å². The molecule has 0 saturated heterocycles. The van der Waals surface area contributed by atoms with Crippen LogP contribution in [0.25, 0.3) is 0 Å². The molecule has 1 aromatic heterocycles. The number of methoxy groups -OCH3 is 1. The number of carbonyl (C=O) groups excluding carboxylic acids is 1. The molecular formula is C15H22N2O5. The number of rotatable bonds is 11. The van der Waals surface area contributed by atoms with Gasteiger partial charge in [0.25, 0.3) is 0 Å². The number of aromatic nitrogens is 2. The molecule has 0 N–H and O–H groups in total. The lowest BCUT2D eigenvalue weighted by molar-refractivity contribution is 0.0182. The highest BCUT2D eigenvalue weighted by Crippen LogP contribution is 2.06. The summed E-state index contributed by atoms with van der Waals surface area (Å²) in [6, 6.07) is 0. The maximum atomic E-state index is 11.4. The van der Waals surface area contributed by atoms with Crippen molar-refractivity contribution in [2.45, 2.75) is 13.5 Å². The first-order valence-corrected chi connectivity index (χ1v) is 6.98. The number of nitrogens with zero attached hydrogens (tertiary/aromatic N) is 2. The Kier molecular flexibility index (Phi) is 8.91. The van der Waals surface area contributed by atoms with Crippen LogP contribution < -0.4 is 0 Å². The van der Waals surface area contributed by atoms with Gasteiger partial charge in [-0.2, -0.15) is 5.10 Å². The van der Waals surface area contributed by atoms with Crippen molar-refractivity contribution in [3.63, 3.8) is 0 Å². The van der Waals surface area contributed by atoms with Crippen LogP contribution in [0, 0.1) is 19.3 Å². The van der Waals surface area contributed by atoms with Crippen molar-refractivity contribution in [1.29, 1.82) is 0 Å². The highest BCUT2D eigenvalue weighted by atomic mass is 16.5. The van der Waals surface area contributed by atoms with Crippen LogP contribution in [-0.4, -0.2) is 62.5 Å². The van der Waals surface area contributed by atoms with E-state index in [2.05, 4.69) is 15.8 Å². The molecule has 7 heteroatoms. The van der Waals surface area contributed by atoms with Gasteiger partial charge in [0.1, 0.15) is 12.2 Å². The topological polar surface area (TPSA) is 71.8 Å². The van der Waals surface area contributed by atoms with Gasteiger partial charge in [0.2, 0.25) is 0 Å². The molecule has 0 spiro atoms. The van der Waals surface area contributed by atoms with Gasteiger partial charge in [-0.3, -0.25) is 4.68 Å². The third kappa shape index (κ3) is 6.72. The maximum absolute atomic E-state index is 11.4. The van der Waals surface area contributed by atoms with Crippen LogP contribution in [0.1, 0.15) is 16.1 Å². The van der Waals surface area contributed by atoms with Gasteiger partial charge in [-0.05, 0) is 6.92 Å². The van der Waals surface area contributed by atoms with Gasteiger partial charge in [0, 0.05) is 6.20 Å². The third-order valence-electron chi connectivity index (χ3n) is 2.75. The van der Waals surface area contributed by atoms with Gasteiger partial charge >= 0.3 is 5.97 Å². The van der Waals surface area contributed by atoms with E-state index in [4.69, 9.17) is 20.6 Å². The number of ether oxygens (including phenoxy) is 4. The second kappa shape index (κ2) is 10.8. The Morgan fingerprint density at radius 1 is 1.23 bits per heavy atom. The summed E-state index contributed by atoms with van der Waals surface area (Å²) in [4.78, 5) is 11.4. The van der Waals surface area contributed by atoms with Crippen molar-refractivity contribution in [2.75, 3.05) is 46.8 Å². The Morgan fingerprint density at radius 3 is 2.50 bits per heavy atom. The second-order valence-corrected chi connectivity index (χ2v) is 4.36. The van der Waals surface area contributed by atoms with Crippen molar-refractivity contribution in [1.82, 2.24) is 9.78 Å². The Balaban J connectivity index is 2.08. The van der Waals surface area contributed by atoms with Gasteiger partial charge in [0.15, 0.2) is 0 Å². The summed E-state index contributed by atoms with van der Waals surface area (Å²) < 4.78 is 22.1. The van der Waals surface area contributed by atoms with Crippen molar-refractivity contribution in [3.8, 4) is 12.3 Å². The number of carbonyl (C=O) groups is 1. The third-order valence-corrected chi connectivity index (χ3v) is 2.75. The molecule has 1 rings (SSSR count). The monoisotopic (exact) mass is 310 g/mol. The van der Waals surface area contributed by atoms with Gasteiger partial charge in [0.05, 0.1) is 52.4 Å². The Bertz CT molecular complexity index is 493. The van der Waals surface area contributed by atoms with Crippen molar-refractivity contribution in [2.24, 2.45) is 0 Å². The van der Waals surface area contributed by atoms with Gasteiger partial charge in [-0.25, -0.2) is 4.79 Å². The molecule has 0 aliphatic heterocycles. The number of aryl methyl sites for hydroxylation is 1. The van der Waals surface area contributed by atoms with Gasteiger partial charge in [-0.1, -0.05) is 5.92 Å². The summed E-state index contributed by atoms with van der Waals surface area (Å²) in [5, 5.41) is 4.23. The molecule has 0 aliphatic carbocycles. The molecule has 0 aliphatic rings. The maximum Gasteiger partial charge on any atom is 0.341 e. The first-order valence-electron chi connectivity index (χ1n) is 6.98. The Labute approximate surface area is 130 Å². The zero-order chi connectivity index (χ0) is 16.2. The Hall–Kier alpha value is -1.88. The zero-order valence-electron chi connectivity index (χ0n) is 13.0. The summed E-state index contributed by atoms with van der Waals surface area (Å²) in [7, 11) is 1.35. The molecule has 0 amide bonds. The average Bonchev–Trinajstić information content (AvgIpc) is 2.89. The molecule has 7 nitrogen and oxygen atoms in total. The van der Waals surface area contributed by atoms with E-state index in [1.54, 1.807) is 17.8 Å². The quantitative estimate of drug-likeness (QED) is 0.340. The van der Waals surface area contributed by atoms with E-state index in [9.17, 15) is 4.79 Å². The lowest BCUT2D eigenvalue weighted by Gasteiger charge is -2.06. The van der Waals surface area contributed by atoms with E-state index < -0.39 is 0 Å². The molecule has 0 radical (unpaired) electrons. The molecule has 0 fully saturated rings. The first kappa shape index (κ1) is 18.2. The van der Waals surface area contributed by atoms with Crippen molar-refractivity contribution in [3.05, 3.63) is 17.5 Å². The fourth-order valence-corrected chi connectivity index (χ4v) is 1.67. The average molecular weight is 310 g/mol. The number of hydrogen-bond acceptors (Lipinski definition) is 6. The number of esters is 1. The smallest absolute Gasteiger partial charge is 0.341 e. The highest BCUT2D eigenvalue weighted by molar-refractivity contribution is 5.90. The lowest BCUT2D eigenvalue weighted by atomic mass is 10.3. The SMILES string of the molecule is C#CCOCCOCCOCCn1cc(C(=O)OC)c(C)n1. The predicted molar refractivity (Wildman–Crippen MR) is 79.6 cm³/mol. The van der Waals surface area contributed by atoms with E-state index in [1.807, 2.05) is 0 Å². The molecule has 1 heterocycles. The minimum atomic E-state index is -0.384. The molecule has 0 atom stereocenters. The van der Waals surface area contributed by atoms with E-state index in [-0.39, 0.29) is 5.97 Å². The van der Waals surface area contributed by atoms with Gasteiger partial charge < -0.3 is 18.9 Å². The lowest BCUT2D eigenvalue weighted by Crippen LogP contribution is -2.12. The molecular weight excluding hydrogens is 288 g/mol. The van der Waals surface area contributed by atoms with Crippen LogP contribution in [0.4, 0.5) is 0 Å². The minimum absolute atomic E-state index is 0.302. The minimum Gasteiger partial charge on any atom is -0.465 e. The fourth-order valence-electron chi connectivity index (χ4n) is 1.67. The van der Waals surface area contributed by atoms with Crippen molar-refractivity contribution < 1.29 is 23.7 Å². The van der Waals surface area contributed by atoms with E-state index in [0.717, 1.165) is 0 Å². The van der Waals surface area contributed by atoms with E-state index >= 15 is 0 Å². The van der Waals surface area contributed by atoms with Crippen LogP contribution in [0.15, 0.2) is 6.20 Å². The predicted octanol–water partition coefficient (Wildman–Crippen LogP) is 0.661. The molecule has 0 aromatic carbocycles. The molecule has 0 saturated carbocycles. The normalized spacial score (nSPS) is 10.4. The van der Waals surface area contributed by atoms with Crippen LogP contribution in [0.5, 0.6) is 0 Å².